The number of benzene rings is 3. The minimum Gasteiger partial charge on any atom is -0.489 e. The maximum atomic E-state index is 12.9. The van der Waals surface area contributed by atoms with E-state index in [1.165, 1.54) is 7.11 Å². The van der Waals surface area contributed by atoms with Crippen LogP contribution in [0.3, 0.4) is 0 Å². The average Bonchev–Trinajstić information content (AvgIpc) is 2.84. The van der Waals surface area contributed by atoms with E-state index in [2.05, 4.69) is 27.5 Å². The minimum atomic E-state index is -0.558. The Morgan fingerprint density at radius 3 is 2.24 bits per heavy atom. The lowest BCUT2D eigenvalue weighted by Gasteiger charge is -2.20. The maximum Gasteiger partial charge on any atom is 0.406 e. The van der Waals surface area contributed by atoms with E-state index in [1.54, 1.807) is 18.2 Å². The molecule has 7 heteroatoms. The molecule has 3 aromatic rings. The van der Waals surface area contributed by atoms with Crippen LogP contribution in [0.4, 0.5) is 4.79 Å². The number of hydrogen-bond donors (Lipinski definition) is 2. The predicted octanol–water partition coefficient (Wildman–Crippen LogP) is 5.49. The molecule has 0 spiro atoms. The molecule has 0 radical (unpaired) electrons. The molecule has 0 aliphatic heterocycles. The van der Waals surface area contributed by atoms with Crippen LogP contribution in [0.25, 0.3) is 11.1 Å². The lowest BCUT2D eigenvalue weighted by Crippen LogP contribution is -2.45. The van der Waals surface area contributed by atoms with Gasteiger partial charge in [-0.25, -0.2) is 4.79 Å². The fraction of sp³-hybridized carbons (Fsp3) is 0.259. The van der Waals surface area contributed by atoms with Crippen molar-refractivity contribution < 1.29 is 19.1 Å². The van der Waals surface area contributed by atoms with Crippen molar-refractivity contribution in [3.63, 3.8) is 0 Å². The van der Waals surface area contributed by atoms with Crippen molar-refractivity contribution in [1.82, 2.24) is 10.6 Å². The van der Waals surface area contributed by atoms with E-state index in [0.29, 0.717) is 22.8 Å². The number of amides is 2. The molecule has 0 heterocycles. The van der Waals surface area contributed by atoms with Crippen molar-refractivity contribution >= 4 is 23.6 Å². The molecule has 2 N–H and O–H groups in total. The second-order valence-electron chi connectivity index (χ2n) is 8.12. The number of hydrogen-bond acceptors (Lipinski definition) is 4. The van der Waals surface area contributed by atoms with Crippen LogP contribution in [0.1, 0.15) is 29.8 Å². The lowest BCUT2D eigenvalue weighted by atomic mass is 10.0. The Kier molecular flexibility index (Phi) is 8.93. The second-order valence-corrected chi connectivity index (χ2v) is 8.53. The van der Waals surface area contributed by atoms with Crippen molar-refractivity contribution in [2.75, 3.05) is 13.7 Å². The highest BCUT2D eigenvalue weighted by atomic mass is 35.5. The van der Waals surface area contributed by atoms with Gasteiger partial charge in [-0.2, -0.15) is 0 Å². The highest BCUT2D eigenvalue weighted by Crippen LogP contribution is 2.26. The SMILES string of the molecule is COC(=O)NC[C@H](Cc1ccc(-c2ccccc2)cc1)NC(=O)c1ccc(OC(C)C)c(Cl)c1. The number of ether oxygens (including phenoxy) is 2. The Morgan fingerprint density at radius 1 is 0.941 bits per heavy atom. The first-order valence-corrected chi connectivity index (χ1v) is 11.5. The average molecular weight is 481 g/mol. The summed E-state index contributed by atoms with van der Waals surface area (Å²) in [5.41, 5.74) is 3.67. The zero-order valence-corrected chi connectivity index (χ0v) is 20.3. The normalized spacial score (nSPS) is 11.6. The number of nitrogens with one attached hydrogen (secondary N) is 2. The van der Waals surface area contributed by atoms with Gasteiger partial charge in [0.2, 0.25) is 0 Å². The van der Waals surface area contributed by atoms with Gasteiger partial charge >= 0.3 is 6.09 Å². The smallest absolute Gasteiger partial charge is 0.406 e. The molecular weight excluding hydrogens is 452 g/mol. The summed E-state index contributed by atoms with van der Waals surface area (Å²) < 4.78 is 10.3. The molecule has 0 aliphatic carbocycles. The van der Waals surface area contributed by atoms with Crippen LogP contribution >= 0.6 is 11.6 Å². The molecule has 3 aromatic carbocycles. The molecule has 0 aromatic heterocycles. The van der Waals surface area contributed by atoms with Crippen LogP contribution < -0.4 is 15.4 Å². The summed E-state index contributed by atoms with van der Waals surface area (Å²) in [6.07, 6.45) is -0.0660. The Hall–Kier alpha value is -3.51. The van der Waals surface area contributed by atoms with Crippen LogP contribution in [0.2, 0.25) is 5.02 Å². The summed E-state index contributed by atoms with van der Waals surface area (Å²) in [6.45, 7) is 4.02. The quantitative estimate of drug-likeness (QED) is 0.424. The maximum absolute atomic E-state index is 12.9. The monoisotopic (exact) mass is 480 g/mol. The molecule has 0 bridgehead atoms. The van der Waals surface area contributed by atoms with Gasteiger partial charge in [0.1, 0.15) is 5.75 Å². The fourth-order valence-corrected chi connectivity index (χ4v) is 3.69. The number of alkyl carbamates (subject to hydrolysis) is 1. The van der Waals surface area contributed by atoms with E-state index in [-0.39, 0.29) is 24.6 Å². The van der Waals surface area contributed by atoms with Crippen LogP contribution in [0, 0.1) is 0 Å². The standard InChI is InChI=1S/C27H29ClN2O4/c1-18(2)34-25-14-13-22(16-24(25)28)26(31)30-23(17-29-27(32)33-3)15-19-9-11-21(12-10-19)20-7-5-4-6-8-20/h4-14,16,18,23H,15,17H2,1-3H3,(H,29,32)(H,30,31)/t23-/m0/s1. The highest BCUT2D eigenvalue weighted by molar-refractivity contribution is 6.32. The van der Waals surface area contributed by atoms with Gasteiger partial charge in [-0.3, -0.25) is 4.79 Å². The molecule has 0 saturated carbocycles. The fourth-order valence-electron chi connectivity index (χ4n) is 3.46. The van der Waals surface area contributed by atoms with Crippen molar-refractivity contribution in [2.45, 2.75) is 32.4 Å². The minimum absolute atomic E-state index is 0.0285. The molecular formula is C27H29ClN2O4. The van der Waals surface area contributed by atoms with Crippen LogP contribution in [0.5, 0.6) is 5.75 Å². The van der Waals surface area contributed by atoms with E-state index >= 15 is 0 Å². The number of halogens is 1. The Labute approximate surface area is 205 Å². The van der Waals surface area contributed by atoms with Gasteiger partial charge in [0, 0.05) is 12.1 Å². The zero-order valence-electron chi connectivity index (χ0n) is 19.5. The molecule has 0 fully saturated rings. The summed E-state index contributed by atoms with van der Waals surface area (Å²) >= 11 is 6.29. The summed E-state index contributed by atoms with van der Waals surface area (Å²) in [4.78, 5) is 24.5. The Balaban J connectivity index is 1.72. The third-order valence-electron chi connectivity index (χ3n) is 5.11. The van der Waals surface area contributed by atoms with Gasteiger partial charge in [0.05, 0.1) is 24.3 Å². The first kappa shape index (κ1) is 25.1. The zero-order chi connectivity index (χ0) is 24.5. The van der Waals surface area contributed by atoms with E-state index in [0.717, 1.165) is 16.7 Å². The molecule has 0 saturated heterocycles. The molecule has 6 nitrogen and oxygen atoms in total. The van der Waals surface area contributed by atoms with Gasteiger partial charge in [0.15, 0.2) is 0 Å². The summed E-state index contributed by atoms with van der Waals surface area (Å²) in [6, 6.07) is 22.8. The Bertz CT molecular complexity index is 1100. The third-order valence-corrected chi connectivity index (χ3v) is 5.41. The molecule has 34 heavy (non-hydrogen) atoms. The lowest BCUT2D eigenvalue weighted by molar-refractivity contribution is 0.0934. The number of carbonyl (C=O) groups excluding carboxylic acids is 2. The third kappa shape index (κ3) is 7.25. The van der Waals surface area contributed by atoms with Crippen molar-refractivity contribution in [3.8, 4) is 16.9 Å². The molecule has 2 amide bonds. The number of methoxy groups -OCH3 is 1. The van der Waals surface area contributed by atoms with Crippen molar-refractivity contribution in [1.29, 1.82) is 0 Å². The molecule has 178 valence electrons. The van der Waals surface area contributed by atoms with E-state index in [9.17, 15) is 9.59 Å². The summed E-state index contributed by atoms with van der Waals surface area (Å²) in [5, 5.41) is 6.02. The molecule has 3 rings (SSSR count). The van der Waals surface area contributed by atoms with Crippen LogP contribution in [0.15, 0.2) is 72.8 Å². The second kappa shape index (κ2) is 12.1. The van der Waals surface area contributed by atoms with E-state index in [4.69, 9.17) is 16.3 Å². The predicted molar refractivity (Wildman–Crippen MR) is 134 cm³/mol. The van der Waals surface area contributed by atoms with Gasteiger partial charge in [-0.1, -0.05) is 66.2 Å². The van der Waals surface area contributed by atoms with Gasteiger partial charge < -0.3 is 20.1 Å². The topological polar surface area (TPSA) is 76.7 Å². The molecule has 1 atom stereocenters. The summed E-state index contributed by atoms with van der Waals surface area (Å²) in [7, 11) is 1.30. The molecule has 0 aliphatic rings. The molecule has 0 unspecified atom stereocenters. The largest absolute Gasteiger partial charge is 0.489 e. The van der Waals surface area contributed by atoms with Gasteiger partial charge in [0.25, 0.3) is 5.91 Å². The van der Waals surface area contributed by atoms with E-state index < -0.39 is 6.09 Å². The van der Waals surface area contributed by atoms with Gasteiger partial charge in [-0.05, 0) is 55.2 Å². The van der Waals surface area contributed by atoms with Crippen LogP contribution in [-0.4, -0.2) is 37.8 Å². The number of rotatable bonds is 9. The van der Waals surface area contributed by atoms with Crippen molar-refractivity contribution in [3.05, 3.63) is 88.9 Å². The van der Waals surface area contributed by atoms with Crippen LogP contribution in [-0.2, 0) is 11.2 Å². The van der Waals surface area contributed by atoms with Crippen molar-refractivity contribution in [2.24, 2.45) is 0 Å². The Morgan fingerprint density at radius 2 is 1.62 bits per heavy atom. The highest BCUT2D eigenvalue weighted by Gasteiger charge is 2.17. The van der Waals surface area contributed by atoms with E-state index in [1.807, 2.05) is 56.3 Å². The van der Waals surface area contributed by atoms with Gasteiger partial charge in [-0.15, -0.1) is 0 Å². The first-order chi connectivity index (χ1) is 16.4. The summed E-state index contributed by atoms with van der Waals surface area (Å²) in [5.74, 6) is 0.228. The first-order valence-electron chi connectivity index (χ1n) is 11.1. The number of carbonyl (C=O) groups is 2.